The van der Waals surface area contributed by atoms with E-state index >= 15 is 0 Å². The molecule has 2 saturated heterocycles. The van der Waals surface area contributed by atoms with Crippen molar-refractivity contribution in [1.82, 2.24) is 10.2 Å². The molecule has 2 unspecified atom stereocenters. The standard InChI is InChI=1S/C13H17NO4S.C11H15NO3S.C2H3ClO/c1-10-3-5-13(6-4-10)19(16,17)18-12-7-8-14(9-12)11(2)15;1-9-2-4-11(5-3-9)16(13,14)15-10-6-7-12-8-10;1-2(3)4/h3-6,12H,7-9H2,1-2H3;2-5,10,12H,6-8H2,1H3;1H3. The van der Waals surface area contributed by atoms with E-state index in [0.717, 1.165) is 24.1 Å². The van der Waals surface area contributed by atoms with Crippen LogP contribution in [0.2, 0.25) is 0 Å². The highest BCUT2D eigenvalue weighted by atomic mass is 35.5. The first-order valence-corrected chi connectivity index (χ1v) is 15.5. The summed E-state index contributed by atoms with van der Waals surface area (Å²) in [5.41, 5.74) is 2.02. The van der Waals surface area contributed by atoms with Crippen molar-refractivity contribution in [3.8, 4) is 0 Å². The van der Waals surface area contributed by atoms with E-state index < -0.39 is 26.3 Å². The van der Waals surface area contributed by atoms with Gasteiger partial charge >= 0.3 is 0 Å². The summed E-state index contributed by atoms with van der Waals surface area (Å²) >= 11 is 4.64. The Hall–Kier alpha value is -2.35. The van der Waals surface area contributed by atoms with Crippen LogP contribution >= 0.6 is 11.6 Å². The Balaban J connectivity index is 0.000000243. The van der Waals surface area contributed by atoms with E-state index in [1.54, 1.807) is 41.3 Å². The monoisotopic (exact) mass is 602 g/mol. The summed E-state index contributed by atoms with van der Waals surface area (Å²) in [6.45, 7) is 8.86. The molecule has 4 rings (SSSR count). The third-order valence-electron chi connectivity index (χ3n) is 5.75. The lowest BCUT2D eigenvalue weighted by Crippen LogP contribution is -2.28. The minimum atomic E-state index is -3.75. The van der Waals surface area contributed by atoms with Crippen molar-refractivity contribution in [1.29, 1.82) is 0 Å². The second-order valence-corrected chi connectivity index (χ2v) is 12.9. The molecule has 13 heteroatoms. The highest BCUT2D eigenvalue weighted by Gasteiger charge is 2.30. The van der Waals surface area contributed by atoms with Gasteiger partial charge in [0.2, 0.25) is 11.1 Å². The van der Waals surface area contributed by atoms with Crippen molar-refractivity contribution in [3.05, 3.63) is 59.7 Å². The molecule has 0 bridgehead atoms. The van der Waals surface area contributed by atoms with Crippen LogP contribution in [0.1, 0.15) is 37.8 Å². The summed E-state index contributed by atoms with van der Waals surface area (Å²) in [7, 11) is -7.35. The Morgan fingerprint density at radius 1 is 0.821 bits per heavy atom. The van der Waals surface area contributed by atoms with Crippen LogP contribution in [-0.2, 0) is 38.2 Å². The maximum atomic E-state index is 12.1. The molecule has 2 heterocycles. The van der Waals surface area contributed by atoms with Gasteiger partial charge in [0.05, 0.1) is 22.0 Å². The number of likely N-dealkylation sites (tertiary alicyclic amines) is 1. The predicted molar refractivity (Wildman–Crippen MR) is 147 cm³/mol. The Morgan fingerprint density at radius 3 is 1.62 bits per heavy atom. The number of hydrogen-bond acceptors (Lipinski definition) is 9. The number of halogens is 1. The van der Waals surface area contributed by atoms with Gasteiger partial charge in [-0.2, -0.15) is 16.8 Å². The topological polar surface area (TPSA) is 136 Å². The van der Waals surface area contributed by atoms with Gasteiger partial charge in [-0.25, -0.2) is 0 Å². The molecule has 0 aromatic heterocycles. The van der Waals surface area contributed by atoms with Gasteiger partial charge in [0.15, 0.2) is 0 Å². The molecule has 0 aliphatic carbocycles. The number of amides is 1. The third kappa shape index (κ3) is 11.3. The largest absolute Gasteiger partial charge is 0.340 e. The Labute approximate surface area is 235 Å². The number of nitrogens with one attached hydrogen (secondary N) is 1. The zero-order valence-corrected chi connectivity index (χ0v) is 24.8. The fourth-order valence-electron chi connectivity index (χ4n) is 3.68. The zero-order valence-electron chi connectivity index (χ0n) is 22.4. The summed E-state index contributed by atoms with van der Waals surface area (Å²) in [5, 5.41) is 2.70. The summed E-state index contributed by atoms with van der Waals surface area (Å²) in [6.07, 6.45) is 0.608. The van der Waals surface area contributed by atoms with Gasteiger partial charge in [0.1, 0.15) is 0 Å². The normalized spacial score (nSPS) is 18.9. The second-order valence-electron chi connectivity index (χ2n) is 9.19. The van der Waals surface area contributed by atoms with E-state index in [2.05, 4.69) is 16.9 Å². The summed E-state index contributed by atoms with van der Waals surface area (Å²) in [4.78, 5) is 22.4. The molecule has 216 valence electrons. The van der Waals surface area contributed by atoms with Crippen LogP contribution in [-0.4, -0.2) is 71.3 Å². The molecular weight excluding hydrogens is 568 g/mol. The quantitative estimate of drug-likeness (QED) is 0.390. The van der Waals surface area contributed by atoms with E-state index in [-0.39, 0.29) is 27.0 Å². The molecule has 2 fully saturated rings. The van der Waals surface area contributed by atoms with Crippen LogP contribution in [0.3, 0.4) is 0 Å². The van der Waals surface area contributed by atoms with Crippen molar-refractivity contribution >= 4 is 43.0 Å². The second kappa shape index (κ2) is 14.9. The SMILES string of the molecule is CC(=O)Cl.CC(=O)N1CCC(OS(=O)(=O)c2ccc(C)cc2)C1.Cc1ccc(S(=O)(=O)OC2CCNC2)cc1. The molecule has 2 atom stereocenters. The minimum absolute atomic E-state index is 0.0566. The molecular formula is C26H35ClN2O8S2. The van der Waals surface area contributed by atoms with Crippen molar-refractivity contribution in [3.63, 3.8) is 0 Å². The van der Waals surface area contributed by atoms with Gasteiger partial charge in [-0.15, -0.1) is 0 Å². The van der Waals surface area contributed by atoms with Crippen molar-refractivity contribution in [2.75, 3.05) is 26.2 Å². The number of carbonyl (C=O) groups is 2. The maximum absolute atomic E-state index is 12.1. The summed E-state index contributed by atoms with van der Waals surface area (Å²) < 4.78 is 58.1. The van der Waals surface area contributed by atoms with Gasteiger partial charge in [0, 0.05) is 33.5 Å². The average Bonchev–Trinajstić information content (AvgIpc) is 3.51. The van der Waals surface area contributed by atoms with Gasteiger partial charge < -0.3 is 10.2 Å². The van der Waals surface area contributed by atoms with E-state index in [1.165, 1.54) is 26.0 Å². The molecule has 2 aromatic rings. The molecule has 2 aromatic carbocycles. The van der Waals surface area contributed by atoms with Crippen molar-refractivity contribution in [2.45, 2.75) is 62.5 Å². The molecule has 39 heavy (non-hydrogen) atoms. The molecule has 1 amide bonds. The highest BCUT2D eigenvalue weighted by Crippen LogP contribution is 2.20. The molecule has 0 spiro atoms. The molecule has 2 aliphatic rings. The van der Waals surface area contributed by atoms with Crippen LogP contribution in [0, 0.1) is 13.8 Å². The summed E-state index contributed by atoms with van der Waals surface area (Å²) in [6, 6.07) is 13.2. The van der Waals surface area contributed by atoms with Gasteiger partial charge in [-0.3, -0.25) is 18.0 Å². The van der Waals surface area contributed by atoms with Gasteiger partial charge in [0.25, 0.3) is 20.2 Å². The Kier molecular flexibility index (Phi) is 12.5. The molecule has 0 radical (unpaired) electrons. The fourth-order valence-corrected chi connectivity index (χ4v) is 5.88. The molecule has 1 N–H and O–H groups in total. The number of nitrogens with zero attached hydrogens (tertiary/aromatic N) is 1. The summed E-state index contributed by atoms with van der Waals surface area (Å²) in [5.74, 6) is -0.0566. The highest BCUT2D eigenvalue weighted by molar-refractivity contribution is 7.87. The van der Waals surface area contributed by atoms with E-state index in [4.69, 9.17) is 8.37 Å². The third-order valence-corrected chi connectivity index (χ3v) is 8.50. The predicted octanol–water partition coefficient (Wildman–Crippen LogP) is 3.16. The van der Waals surface area contributed by atoms with E-state index in [1.807, 2.05) is 13.8 Å². The first kappa shape index (κ1) is 32.9. The Morgan fingerprint density at radius 2 is 1.26 bits per heavy atom. The lowest BCUT2D eigenvalue weighted by molar-refractivity contribution is -0.128. The minimum Gasteiger partial charge on any atom is -0.340 e. The lowest BCUT2D eigenvalue weighted by Gasteiger charge is -2.14. The fraction of sp³-hybridized carbons (Fsp3) is 0.462. The number of benzene rings is 2. The van der Waals surface area contributed by atoms with Crippen LogP contribution in [0.5, 0.6) is 0 Å². The lowest BCUT2D eigenvalue weighted by atomic mass is 10.2. The molecule has 10 nitrogen and oxygen atoms in total. The maximum Gasteiger partial charge on any atom is 0.297 e. The molecule has 2 aliphatic heterocycles. The Bertz CT molecular complexity index is 1300. The zero-order chi connectivity index (χ0) is 29.2. The first-order chi connectivity index (χ1) is 18.2. The van der Waals surface area contributed by atoms with Crippen molar-refractivity contribution < 1.29 is 34.8 Å². The van der Waals surface area contributed by atoms with Crippen LogP contribution in [0.4, 0.5) is 0 Å². The van der Waals surface area contributed by atoms with Crippen LogP contribution < -0.4 is 5.32 Å². The average molecular weight is 603 g/mol. The molecule has 0 saturated carbocycles. The number of rotatable bonds is 6. The number of hydrogen-bond donors (Lipinski definition) is 1. The smallest absolute Gasteiger partial charge is 0.297 e. The van der Waals surface area contributed by atoms with Crippen LogP contribution in [0.15, 0.2) is 58.3 Å². The van der Waals surface area contributed by atoms with Crippen molar-refractivity contribution in [2.24, 2.45) is 0 Å². The number of carbonyl (C=O) groups excluding carboxylic acids is 2. The number of aryl methyl sites for hydroxylation is 2. The van der Waals surface area contributed by atoms with Gasteiger partial charge in [-0.1, -0.05) is 35.4 Å². The van der Waals surface area contributed by atoms with Gasteiger partial charge in [-0.05, 0) is 69.1 Å². The first-order valence-electron chi connectivity index (χ1n) is 12.3. The van der Waals surface area contributed by atoms with Crippen LogP contribution in [0.25, 0.3) is 0 Å². The van der Waals surface area contributed by atoms with E-state index in [9.17, 15) is 26.4 Å². The van der Waals surface area contributed by atoms with E-state index in [0.29, 0.717) is 26.1 Å².